The average Bonchev–Trinajstić information content (AvgIpc) is 3.21. The second-order valence-electron chi connectivity index (χ2n) is 8.92. The van der Waals surface area contributed by atoms with Crippen molar-refractivity contribution >= 4 is 56.6 Å². The maximum atomic E-state index is 13.4. The van der Waals surface area contributed by atoms with Crippen LogP contribution < -0.4 is 14.8 Å². The molecule has 0 heterocycles. The van der Waals surface area contributed by atoms with E-state index < -0.39 is 12.1 Å². The Hall–Kier alpha value is -4.00. The summed E-state index contributed by atoms with van der Waals surface area (Å²) in [5.74, 6) is -0.0824. The number of halogens is 2. The molecule has 0 bridgehead atoms. The van der Waals surface area contributed by atoms with E-state index in [4.69, 9.17) is 25.8 Å². The summed E-state index contributed by atoms with van der Waals surface area (Å²) in [6.45, 7) is 4.00. The molecule has 1 aliphatic rings. The molecule has 220 valence electrons. The number of carbonyl (C=O) groups is 2. The third kappa shape index (κ3) is 7.64. The van der Waals surface area contributed by atoms with Gasteiger partial charge in [0.15, 0.2) is 0 Å². The molecule has 4 aromatic carbocycles. The van der Waals surface area contributed by atoms with Gasteiger partial charge in [0.05, 0.1) is 25.5 Å². The fourth-order valence-electron chi connectivity index (χ4n) is 4.54. The van der Waals surface area contributed by atoms with Gasteiger partial charge < -0.3 is 19.5 Å². The van der Waals surface area contributed by atoms with E-state index in [1.165, 1.54) is 20.6 Å². The molecule has 0 fully saturated rings. The van der Waals surface area contributed by atoms with Gasteiger partial charge >= 0.3 is 5.97 Å². The molecule has 0 saturated carbocycles. The molecule has 1 N–H and O–H groups in total. The Morgan fingerprint density at radius 2 is 1.24 bits per heavy atom. The van der Waals surface area contributed by atoms with Crippen LogP contribution in [0, 0.1) is 0 Å². The number of fused-ring (bicyclic) bond motifs is 2. The van der Waals surface area contributed by atoms with Crippen LogP contribution in [0.15, 0.2) is 95.7 Å². The number of nitrogens with one attached hydrogen (secondary N) is 1. The Kier molecular flexibility index (Phi) is 12.3. The average molecular weight is 609 g/mol. The van der Waals surface area contributed by atoms with E-state index in [0.717, 1.165) is 21.5 Å². The highest BCUT2D eigenvalue weighted by Crippen LogP contribution is 2.30. The molecule has 1 amide bonds. The van der Waals surface area contributed by atoms with Crippen LogP contribution in [0.25, 0.3) is 21.5 Å². The molecule has 1 unspecified atom stereocenters. The Labute approximate surface area is 256 Å². The van der Waals surface area contributed by atoms with Crippen molar-refractivity contribution in [3.8, 4) is 11.5 Å². The number of benzene rings is 4. The van der Waals surface area contributed by atoms with Gasteiger partial charge in [-0.15, -0.1) is 11.6 Å². The molecule has 8 heteroatoms. The van der Waals surface area contributed by atoms with Gasteiger partial charge in [0.25, 0.3) is 5.91 Å². The van der Waals surface area contributed by atoms with E-state index in [1.807, 2.05) is 74.5 Å². The lowest BCUT2D eigenvalue weighted by molar-refractivity contribution is 0.0342. The number of hydrogen-bond acceptors (Lipinski definition) is 5. The Bertz CT molecular complexity index is 1610. The van der Waals surface area contributed by atoms with Crippen molar-refractivity contribution in [3.63, 3.8) is 0 Å². The van der Waals surface area contributed by atoms with Gasteiger partial charge in [-0.05, 0) is 70.8 Å². The summed E-state index contributed by atoms with van der Waals surface area (Å²) in [5, 5.41) is 7.23. The summed E-state index contributed by atoms with van der Waals surface area (Å²) < 4.78 is 16.9. The van der Waals surface area contributed by atoms with Gasteiger partial charge in [-0.1, -0.05) is 74.0 Å². The molecule has 0 saturated heterocycles. The van der Waals surface area contributed by atoms with Crippen LogP contribution in [0.2, 0.25) is 0 Å². The molecular formula is C34H35Cl2NO5. The summed E-state index contributed by atoms with van der Waals surface area (Å²) in [5.41, 5.74) is 1.10. The zero-order chi connectivity index (χ0) is 30.6. The summed E-state index contributed by atoms with van der Waals surface area (Å²) in [6.07, 6.45) is 5.01. The lowest BCUT2D eigenvalue weighted by Crippen LogP contribution is -2.33. The van der Waals surface area contributed by atoms with Gasteiger partial charge in [-0.3, -0.25) is 4.79 Å². The Balaban J connectivity index is 0.00000116. The Morgan fingerprint density at radius 3 is 1.76 bits per heavy atom. The van der Waals surface area contributed by atoms with Crippen LogP contribution in [0.1, 0.15) is 47.4 Å². The third-order valence-corrected chi connectivity index (χ3v) is 6.86. The number of alkyl halides is 1. The molecule has 1 atom stereocenters. The quantitative estimate of drug-likeness (QED) is 0.175. The topological polar surface area (TPSA) is 73.9 Å². The van der Waals surface area contributed by atoms with Gasteiger partial charge in [0.1, 0.15) is 23.2 Å². The molecule has 0 aromatic heterocycles. The first kappa shape index (κ1) is 32.5. The number of rotatable bonds is 6. The second-order valence-corrected chi connectivity index (χ2v) is 9.41. The van der Waals surface area contributed by atoms with E-state index >= 15 is 0 Å². The van der Waals surface area contributed by atoms with E-state index in [0.29, 0.717) is 46.2 Å². The van der Waals surface area contributed by atoms with Gasteiger partial charge in [0.2, 0.25) is 0 Å². The highest BCUT2D eigenvalue weighted by Gasteiger charge is 2.26. The van der Waals surface area contributed by atoms with Gasteiger partial charge in [-0.2, -0.15) is 0 Å². The minimum absolute atomic E-state index is 0.302. The highest BCUT2D eigenvalue weighted by molar-refractivity contribution is 6.29. The molecule has 0 spiro atoms. The largest absolute Gasteiger partial charge is 0.496 e. The van der Waals surface area contributed by atoms with Crippen LogP contribution in [-0.2, 0) is 4.74 Å². The zero-order valence-electron chi connectivity index (χ0n) is 24.4. The molecular weight excluding hydrogens is 573 g/mol. The van der Waals surface area contributed by atoms with Crippen LogP contribution in [0.4, 0.5) is 0 Å². The minimum Gasteiger partial charge on any atom is -0.496 e. The fraction of sp³-hybridized carbons (Fsp3) is 0.235. The molecule has 0 radical (unpaired) electrons. The van der Waals surface area contributed by atoms with Crippen molar-refractivity contribution in [1.29, 1.82) is 0 Å². The second kappa shape index (κ2) is 15.9. The van der Waals surface area contributed by atoms with Crippen LogP contribution in [0.5, 0.6) is 11.5 Å². The minimum atomic E-state index is -0.735. The number of hydrogen-bond donors (Lipinski definition) is 1. The van der Waals surface area contributed by atoms with Crippen LogP contribution >= 0.6 is 23.2 Å². The maximum Gasteiger partial charge on any atom is 0.342 e. The smallest absolute Gasteiger partial charge is 0.342 e. The first-order chi connectivity index (χ1) is 20.5. The third-order valence-electron chi connectivity index (χ3n) is 6.54. The molecule has 6 nitrogen and oxygen atoms in total. The van der Waals surface area contributed by atoms with Crippen molar-refractivity contribution in [3.05, 3.63) is 107 Å². The molecule has 42 heavy (non-hydrogen) atoms. The standard InChI is InChI=1S/C31H26ClNO5.C2H6.CH3Cl/c1-36-28-17-21-9-5-3-7-19(21)15-24(28)30(34)33-26-13-11-23(32)12-14-27(26)38-31(35)25-16-20-8-4-6-10-22(20)18-29(25)37-2;2*1-2/h3-11,13,15-18,27H,12,14H2,1-2H3,(H,33,34);1-2H3;1H3. The monoisotopic (exact) mass is 607 g/mol. The summed E-state index contributed by atoms with van der Waals surface area (Å²) in [6, 6.07) is 22.6. The van der Waals surface area contributed by atoms with Gasteiger partial charge in [0, 0.05) is 11.4 Å². The van der Waals surface area contributed by atoms with Crippen LogP contribution in [-0.4, -0.2) is 38.6 Å². The van der Waals surface area contributed by atoms with Crippen molar-refractivity contribution < 1.29 is 23.8 Å². The highest BCUT2D eigenvalue weighted by atomic mass is 35.5. The van der Waals surface area contributed by atoms with Crippen molar-refractivity contribution in [2.24, 2.45) is 0 Å². The van der Waals surface area contributed by atoms with Gasteiger partial charge in [-0.25, -0.2) is 4.79 Å². The number of methoxy groups -OCH3 is 2. The van der Waals surface area contributed by atoms with E-state index in [1.54, 1.807) is 24.3 Å². The molecule has 5 rings (SSSR count). The van der Waals surface area contributed by atoms with Crippen LogP contribution in [0.3, 0.4) is 0 Å². The molecule has 0 aliphatic heterocycles. The number of ether oxygens (including phenoxy) is 3. The predicted octanol–water partition coefficient (Wildman–Crippen LogP) is 8.65. The summed E-state index contributed by atoms with van der Waals surface area (Å²) in [4.78, 5) is 26.8. The SMILES string of the molecule is CC.CCl.COc1cc2ccccc2cc1C(=O)NC1=CC=C(Cl)CCC1OC(=O)c1cc2ccccc2cc1OC. The number of esters is 1. The van der Waals surface area contributed by atoms with Crippen molar-refractivity contribution in [2.75, 3.05) is 20.6 Å². The number of allylic oxidation sites excluding steroid dienone is 3. The normalized spacial score (nSPS) is 14.1. The number of amides is 1. The lowest BCUT2D eigenvalue weighted by Gasteiger charge is -2.22. The number of carbonyl (C=O) groups excluding carboxylic acids is 2. The maximum absolute atomic E-state index is 13.4. The van der Waals surface area contributed by atoms with E-state index in [9.17, 15) is 9.59 Å². The van der Waals surface area contributed by atoms with E-state index in [2.05, 4.69) is 16.9 Å². The summed E-state index contributed by atoms with van der Waals surface area (Å²) >= 11 is 10.9. The predicted molar refractivity (Wildman–Crippen MR) is 172 cm³/mol. The molecule has 4 aromatic rings. The zero-order valence-corrected chi connectivity index (χ0v) is 25.9. The van der Waals surface area contributed by atoms with Crippen molar-refractivity contribution in [1.82, 2.24) is 5.32 Å². The molecule has 1 aliphatic carbocycles. The van der Waals surface area contributed by atoms with Crippen molar-refractivity contribution in [2.45, 2.75) is 32.8 Å². The fourth-order valence-corrected chi connectivity index (χ4v) is 4.72. The lowest BCUT2D eigenvalue weighted by atomic mass is 10.0. The summed E-state index contributed by atoms with van der Waals surface area (Å²) in [7, 11) is 3.04. The first-order valence-electron chi connectivity index (χ1n) is 13.6. The first-order valence-corrected chi connectivity index (χ1v) is 14.7. The van der Waals surface area contributed by atoms with E-state index in [-0.39, 0.29) is 5.91 Å². The Morgan fingerprint density at radius 1 is 0.762 bits per heavy atom.